The number of amides is 1. The molecule has 0 aliphatic heterocycles. The Morgan fingerprint density at radius 2 is 1.86 bits per heavy atom. The van der Waals surface area contributed by atoms with Crippen LogP contribution in [-0.2, 0) is 6.42 Å². The van der Waals surface area contributed by atoms with Gasteiger partial charge in [-0.3, -0.25) is 4.79 Å². The standard InChI is InChI=1S/C21H24ClFN2O3/c1-27-19-4-3-13(7-20(19)28-2)5-6-24-17-11-18(12-17)25-21(26)14-8-15(22)10-16(23)9-14/h3-4,7-10,17-18,24H,5-6,11-12H2,1-2H3,(H,25,26)/t17-,18-. The molecule has 5 nitrogen and oxygen atoms in total. The summed E-state index contributed by atoms with van der Waals surface area (Å²) in [6.45, 7) is 0.834. The fraction of sp³-hybridized carbons (Fsp3) is 0.381. The fourth-order valence-corrected chi connectivity index (χ4v) is 3.53. The maximum Gasteiger partial charge on any atom is 0.251 e. The fourth-order valence-electron chi connectivity index (χ4n) is 3.31. The first kappa shape index (κ1) is 20.4. The molecule has 0 heterocycles. The summed E-state index contributed by atoms with van der Waals surface area (Å²) in [6.07, 6.45) is 2.57. The molecule has 2 N–H and O–H groups in total. The van der Waals surface area contributed by atoms with E-state index < -0.39 is 5.82 Å². The molecule has 150 valence electrons. The highest BCUT2D eigenvalue weighted by atomic mass is 35.5. The lowest BCUT2D eigenvalue weighted by Crippen LogP contribution is -2.52. The monoisotopic (exact) mass is 406 g/mol. The minimum atomic E-state index is -0.513. The first-order valence-corrected chi connectivity index (χ1v) is 9.57. The Kier molecular flexibility index (Phi) is 6.75. The van der Waals surface area contributed by atoms with Crippen molar-refractivity contribution >= 4 is 17.5 Å². The molecule has 3 rings (SSSR count). The van der Waals surface area contributed by atoms with E-state index in [9.17, 15) is 9.18 Å². The zero-order valence-corrected chi connectivity index (χ0v) is 16.7. The zero-order valence-electron chi connectivity index (χ0n) is 15.9. The van der Waals surface area contributed by atoms with Gasteiger partial charge in [0.15, 0.2) is 11.5 Å². The number of benzene rings is 2. The number of hydrogen-bond acceptors (Lipinski definition) is 4. The summed E-state index contributed by atoms with van der Waals surface area (Å²) in [4.78, 5) is 12.2. The summed E-state index contributed by atoms with van der Waals surface area (Å²) in [5.41, 5.74) is 1.41. The number of nitrogens with one attached hydrogen (secondary N) is 2. The zero-order chi connectivity index (χ0) is 20.1. The number of rotatable bonds is 8. The second-order valence-electron chi connectivity index (χ2n) is 6.89. The summed E-state index contributed by atoms with van der Waals surface area (Å²) < 4.78 is 23.9. The van der Waals surface area contributed by atoms with Crippen molar-refractivity contribution in [1.82, 2.24) is 10.6 Å². The third-order valence-electron chi connectivity index (χ3n) is 4.89. The predicted octanol–water partition coefficient (Wildman–Crippen LogP) is 3.59. The van der Waals surface area contributed by atoms with Crippen LogP contribution < -0.4 is 20.1 Å². The molecule has 0 atom stereocenters. The lowest BCUT2D eigenvalue weighted by molar-refractivity contribution is 0.0902. The number of carbonyl (C=O) groups excluding carboxylic acids is 1. The van der Waals surface area contributed by atoms with Gasteiger partial charge in [0.05, 0.1) is 14.2 Å². The molecule has 0 unspecified atom stereocenters. The Hall–Kier alpha value is -2.31. The molecule has 0 bridgehead atoms. The van der Waals surface area contributed by atoms with Crippen molar-refractivity contribution in [2.45, 2.75) is 31.3 Å². The van der Waals surface area contributed by atoms with Gasteiger partial charge in [0, 0.05) is 22.7 Å². The number of carbonyl (C=O) groups is 1. The van der Waals surface area contributed by atoms with Crippen LogP contribution in [0.3, 0.4) is 0 Å². The van der Waals surface area contributed by atoms with Crippen LogP contribution in [-0.4, -0.2) is 38.8 Å². The minimum Gasteiger partial charge on any atom is -0.493 e. The van der Waals surface area contributed by atoms with Crippen molar-refractivity contribution < 1.29 is 18.7 Å². The molecule has 0 spiro atoms. The largest absolute Gasteiger partial charge is 0.493 e. The minimum absolute atomic E-state index is 0.0909. The first-order valence-electron chi connectivity index (χ1n) is 9.19. The number of hydrogen-bond donors (Lipinski definition) is 2. The third-order valence-corrected chi connectivity index (χ3v) is 5.11. The average molecular weight is 407 g/mol. The van der Waals surface area contributed by atoms with Crippen molar-refractivity contribution in [3.05, 3.63) is 58.4 Å². The molecule has 0 radical (unpaired) electrons. The highest BCUT2D eigenvalue weighted by Gasteiger charge is 2.30. The number of methoxy groups -OCH3 is 2. The molecule has 1 amide bonds. The van der Waals surface area contributed by atoms with Gasteiger partial charge in [-0.2, -0.15) is 0 Å². The lowest BCUT2D eigenvalue weighted by atomic mass is 9.86. The Balaban J connectivity index is 1.40. The van der Waals surface area contributed by atoms with Crippen LogP contribution in [0.4, 0.5) is 4.39 Å². The van der Waals surface area contributed by atoms with E-state index in [0.29, 0.717) is 6.04 Å². The molecular weight excluding hydrogens is 383 g/mol. The van der Waals surface area contributed by atoms with E-state index in [1.165, 1.54) is 18.2 Å². The smallest absolute Gasteiger partial charge is 0.251 e. The second-order valence-corrected chi connectivity index (χ2v) is 7.33. The van der Waals surface area contributed by atoms with Gasteiger partial charge in [-0.05, 0) is 61.7 Å². The first-order chi connectivity index (χ1) is 13.5. The van der Waals surface area contributed by atoms with Gasteiger partial charge in [0.25, 0.3) is 5.91 Å². The van der Waals surface area contributed by atoms with Gasteiger partial charge in [0.1, 0.15) is 5.82 Å². The predicted molar refractivity (Wildman–Crippen MR) is 107 cm³/mol. The molecule has 2 aromatic rings. The van der Waals surface area contributed by atoms with Gasteiger partial charge in [-0.1, -0.05) is 17.7 Å². The molecule has 0 saturated heterocycles. The van der Waals surface area contributed by atoms with Crippen LogP contribution >= 0.6 is 11.6 Å². The van der Waals surface area contributed by atoms with E-state index in [4.69, 9.17) is 21.1 Å². The quantitative estimate of drug-likeness (QED) is 0.703. The Morgan fingerprint density at radius 3 is 2.54 bits per heavy atom. The number of ether oxygens (including phenoxy) is 2. The van der Waals surface area contributed by atoms with Crippen molar-refractivity contribution in [3.63, 3.8) is 0 Å². The van der Waals surface area contributed by atoms with Crippen molar-refractivity contribution in [2.24, 2.45) is 0 Å². The van der Waals surface area contributed by atoms with Crippen molar-refractivity contribution in [2.75, 3.05) is 20.8 Å². The summed E-state index contributed by atoms with van der Waals surface area (Å²) >= 11 is 5.80. The Morgan fingerprint density at radius 1 is 1.11 bits per heavy atom. The van der Waals surface area contributed by atoms with Crippen LogP contribution in [0.15, 0.2) is 36.4 Å². The van der Waals surface area contributed by atoms with Gasteiger partial charge in [-0.15, -0.1) is 0 Å². The van der Waals surface area contributed by atoms with Crippen LogP contribution in [0.25, 0.3) is 0 Å². The van der Waals surface area contributed by atoms with Crippen LogP contribution in [0.2, 0.25) is 5.02 Å². The summed E-state index contributed by atoms with van der Waals surface area (Å²) in [6, 6.07) is 10.2. The third kappa shape index (κ3) is 5.14. The molecule has 1 saturated carbocycles. The van der Waals surface area contributed by atoms with E-state index in [0.717, 1.165) is 42.9 Å². The van der Waals surface area contributed by atoms with Crippen LogP contribution in [0.1, 0.15) is 28.8 Å². The Labute approximate surface area is 169 Å². The summed E-state index contributed by atoms with van der Waals surface area (Å²) in [7, 11) is 3.24. The topological polar surface area (TPSA) is 59.6 Å². The average Bonchev–Trinajstić information content (AvgIpc) is 2.64. The maximum absolute atomic E-state index is 13.4. The van der Waals surface area contributed by atoms with Gasteiger partial charge in [0.2, 0.25) is 0 Å². The summed E-state index contributed by atoms with van der Waals surface area (Å²) in [5, 5.41) is 6.62. The SMILES string of the molecule is COc1ccc(CCN[C@H]2C[C@H](NC(=O)c3cc(F)cc(Cl)c3)C2)cc1OC. The molecule has 28 heavy (non-hydrogen) atoms. The highest BCUT2D eigenvalue weighted by molar-refractivity contribution is 6.31. The van der Waals surface area contributed by atoms with Gasteiger partial charge in [-0.25, -0.2) is 4.39 Å². The highest BCUT2D eigenvalue weighted by Crippen LogP contribution is 2.28. The molecule has 0 aromatic heterocycles. The molecule has 1 fully saturated rings. The Bertz CT molecular complexity index is 820. The molecular formula is C21H24ClFN2O3. The van der Waals surface area contributed by atoms with E-state index in [1.807, 2.05) is 18.2 Å². The molecule has 1 aliphatic rings. The van der Waals surface area contributed by atoms with Crippen LogP contribution in [0, 0.1) is 5.82 Å². The second kappa shape index (κ2) is 9.26. The molecule has 1 aliphatic carbocycles. The maximum atomic E-state index is 13.4. The van der Waals surface area contributed by atoms with Gasteiger partial charge >= 0.3 is 0 Å². The van der Waals surface area contributed by atoms with E-state index in [1.54, 1.807) is 14.2 Å². The lowest BCUT2D eigenvalue weighted by Gasteiger charge is -2.36. The number of halogens is 2. The van der Waals surface area contributed by atoms with E-state index in [-0.39, 0.29) is 22.5 Å². The van der Waals surface area contributed by atoms with Gasteiger partial charge < -0.3 is 20.1 Å². The van der Waals surface area contributed by atoms with Crippen molar-refractivity contribution in [3.8, 4) is 11.5 Å². The molecule has 7 heteroatoms. The van der Waals surface area contributed by atoms with Crippen LogP contribution in [0.5, 0.6) is 11.5 Å². The van der Waals surface area contributed by atoms with E-state index in [2.05, 4.69) is 10.6 Å². The summed E-state index contributed by atoms with van der Waals surface area (Å²) in [5.74, 6) is 0.636. The van der Waals surface area contributed by atoms with E-state index >= 15 is 0 Å². The van der Waals surface area contributed by atoms with Crippen molar-refractivity contribution in [1.29, 1.82) is 0 Å². The molecule has 2 aromatic carbocycles. The normalized spacial score (nSPS) is 18.3.